The van der Waals surface area contributed by atoms with Crippen LogP contribution in [-0.2, 0) is 16.0 Å². The molecule has 1 aromatic rings. The predicted octanol–water partition coefficient (Wildman–Crippen LogP) is 3.38. The molecule has 0 atom stereocenters. The van der Waals surface area contributed by atoms with Gasteiger partial charge in [0.1, 0.15) is 5.15 Å². The highest BCUT2D eigenvalue weighted by Crippen LogP contribution is 2.27. The monoisotopic (exact) mass is 375 g/mol. The zero-order chi connectivity index (χ0) is 13.0. The molecule has 17 heavy (non-hydrogen) atoms. The van der Waals surface area contributed by atoms with Gasteiger partial charge in [0.05, 0.1) is 22.3 Å². The van der Waals surface area contributed by atoms with E-state index in [4.69, 9.17) is 11.6 Å². The Morgan fingerprint density at radius 2 is 2.29 bits per heavy atom. The van der Waals surface area contributed by atoms with E-state index in [0.717, 1.165) is 0 Å². The number of nitrogens with zero attached hydrogens (tertiary/aromatic N) is 1. The molecule has 1 aromatic heterocycles. The van der Waals surface area contributed by atoms with Crippen molar-refractivity contribution in [3.63, 3.8) is 0 Å². The number of hydrogen-bond acceptors (Lipinski definition) is 3. The van der Waals surface area contributed by atoms with E-state index in [-0.39, 0.29) is 29.4 Å². The van der Waals surface area contributed by atoms with Crippen LogP contribution in [0.25, 0.3) is 0 Å². The van der Waals surface area contributed by atoms with Crippen LogP contribution >= 0.6 is 34.2 Å². The third-order valence-electron chi connectivity index (χ3n) is 1.90. The lowest BCUT2D eigenvalue weighted by Gasteiger charge is -2.09. The number of halogens is 4. The molecule has 0 aliphatic carbocycles. The second-order valence-electron chi connectivity index (χ2n) is 3.08. The zero-order valence-electron chi connectivity index (χ0n) is 8.84. The number of esters is 1. The number of rotatable bonds is 4. The lowest BCUT2D eigenvalue weighted by Crippen LogP contribution is -2.11. The Morgan fingerprint density at radius 1 is 1.65 bits per heavy atom. The molecule has 0 N–H and O–H groups in total. The summed E-state index contributed by atoms with van der Waals surface area (Å²) >= 11 is 7.54. The first-order valence-corrected chi connectivity index (χ1v) is 6.20. The minimum atomic E-state index is -2.70. The fourth-order valence-electron chi connectivity index (χ4n) is 1.20. The summed E-state index contributed by atoms with van der Waals surface area (Å²) in [5.41, 5.74) is -0.323. The minimum absolute atomic E-state index is 0.0381. The summed E-state index contributed by atoms with van der Waals surface area (Å²) < 4.78 is 30.6. The molecular formula is C10H9ClF2INO2. The summed E-state index contributed by atoms with van der Waals surface area (Å²) in [5, 5.41) is 0.106. The number of carbonyl (C=O) groups excluding carboxylic acids is 1. The lowest BCUT2D eigenvalue weighted by atomic mass is 10.1. The van der Waals surface area contributed by atoms with E-state index in [0.29, 0.717) is 3.57 Å². The van der Waals surface area contributed by atoms with Gasteiger partial charge in [-0.1, -0.05) is 11.6 Å². The van der Waals surface area contributed by atoms with E-state index in [1.54, 1.807) is 29.5 Å². The first-order chi connectivity index (χ1) is 7.95. The number of alkyl halides is 2. The lowest BCUT2D eigenvalue weighted by molar-refractivity contribution is -0.142. The van der Waals surface area contributed by atoms with Gasteiger partial charge < -0.3 is 4.74 Å². The standard InChI is InChI=1S/C10H9ClF2INO2/c1-2-17-8(16)4-7-5(10(12)13)3-6(14)9(11)15-7/h3,10H,2,4H2,1H3. The second-order valence-corrected chi connectivity index (χ2v) is 4.60. The first kappa shape index (κ1) is 14.6. The molecule has 0 saturated heterocycles. The fourth-order valence-corrected chi connectivity index (χ4v) is 1.81. The summed E-state index contributed by atoms with van der Waals surface area (Å²) in [4.78, 5) is 15.0. The van der Waals surface area contributed by atoms with Crippen molar-refractivity contribution in [3.8, 4) is 0 Å². The van der Waals surface area contributed by atoms with Crippen LogP contribution in [0, 0.1) is 3.57 Å². The number of ether oxygens (including phenoxy) is 1. The van der Waals surface area contributed by atoms with Crippen molar-refractivity contribution in [1.29, 1.82) is 0 Å². The largest absolute Gasteiger partial charge is 0.466 e. The molecule has 1 heterocycles. The van der Waals surface area contributed by atoms with Gasteiger partial charge in [0.2, 0.25) is 0 Å². The van der Waals surface area contributed by atoms with Gasteiger partial charge in [0.15, 0.2) is 0 Å². The number of pyridine rings is 1. The molecule has 0 aliphatic rings. The van der Waals surface area contributed by atoms with Crippen molar-refractivity contribution >= 4 is 40.2 Å². The number of hydrogen-bond donors (Lipinski definition) is 0. The summed E-state index contributed by atoms with van der Waals surface area (Å²) in [5.74, 6) is -0.598. The van der Waals surface area contributed by atoms with Gasteiger partial charge in [0.25, 0.3) is 6.43 Å². The maximum Gasteiger partial charge on any atom is 0.311 e. The smallest absolute Gasteiger partial charge is 0.311 e. The molecule has 0 aromatic carbocycles. The number of carbonyl (C=O) groups is 1. The highest BCUT2D eigenvalue weighted by molar-refractivity contribution is 14.1. The molecule has 0 bridgehead atoms. The molecule has 94 valence electrons. The van der Waals surface area contributed by atoms with Crippen molar-refractivity contribution in [2.24, 2.45) is 0 Å². The highest BCUT2D eigenvalue weighted by atomic mass is 127. The Labute approximate surface area is 116 Å². The summed E-state index contributed by atoms with van der Waals surface area (Å²) in [6.45, 7) is 1.83. The van der Waals surface area contributed by atoms with Crippen LogP contribution in [-0.4, -0.2) is 17.6 Å². The van der Waals surface area contributed by atoms with Crippen LogP contribution in [0.1, 0.15) is 24.6 Å². The maximum absolute atomic E-state index is 12.7. The molecule has 0 unspecified atom stereocenters. The van der Waals surface area contributed by atoms with Crippen molar-refractivity contribution < 1.29 is 18.3 Å². The molecule has 1 rings (SSSR count). The molecular weight excluding hydrogens is 366 g/mol. The van der Waals surface area contributed by atoms with Crippen LogP contribution in [0.15, 0.2) is 6.07 Å². The Balaban J connectivity index is 3.04. The van der Waals surface area contributed by atoms with Gasteiger partial charge in [-0.2, -0.15) is 0 Å². The van der Waals surface area contributed by atoms with Gasteiger partial charge >= 0.3 is 5.97 Å². The normalized spacial score (nSPS) is 10.7. The molecule has 0 radical (unpaired) electrons. The van der Waals surface area contributed by atoms with E-state index in [1.807, 2.05) is 0 Å². The van der Waals surface area contributed by atoms with E-state index in [9.17, 15) is 13.6 Å². The van der Waals surface area contributed by atoms with Crippen LogP contribution in [0.4, 0.5) is 8.78 Å². The third kappa shape index (κ3) is 4.02. The number of aromatic nitrogens is 1. The molecule has 0 fully saturated rings. The van der Waals surface area contributed by atoms with E-state index in [2.05, 4.69) is 9.72 Å². The quantitative estimate of drug-likeness (QED) is 0.460. The van der Waals surface area contributed by atoms with Crippen molar-refractivity contribution in [2.75, 3.05) is 6.61 Å². The topological polar surface area (TPSA) is 39.2 Å². The van der Waals surface area contributed by atoms with E-state index in [1.165, 1.54) is 6.07 Å². The molecule has 0 saturated carbocycles. The highest BCUT2D eigenvalue weighted by Gasteiger charge is 2.19. The van der Waals surface area contributed by atoms with Crippen molar-refractivity contribution in [3.05, 3.63) is 26.0 Å². The van der Waals surface area contributed by atoms with Crippen LogP contribution < -0.4 is 0 Å². The van der Waals surface area contributed by atoms with Gasteiger partial charge in [0, 0.05) is 5.56 Å². The van der Waals surface area contributed by atoms with Gasteiger partial charge in [-0.05, 0) is 35.6 Å². The Morgan fingerprint density at radius 3 is 2.82 bits per heavy atom. The van der Waals surface area contributed by atoms with Crippen molar-refractivity contribution in [2.45, 2.75) is 19.8 Å². The van der Waals surface area contributed by atoms with E-state index < -0.39 is 12.4 Å². The van der Waals surface area contributed by atoms with Crippen LogP contribution in [0.3, 0.4) is 0 Å². The molecule has 0 amide bonds. The van der Waals surface area contributed by atoms with Gasteiger partial charge in [-0.3, -0.25) is 4.79 Å². The summed E-state index contributed by atoms with van der Waals surface area (Å²) in [6, 6.07) is 1.23. The summed E-state index contributed by atoms with van der Waals surface area (Å²) in [6.07, 6.45) is -3.00. The Kier molecular flexibility index (Phi) is 5.51. The Hall–Kier alpha value is -0.500. The predicted molar refractivity (Wildman–Crippen MR) is 67.3 cm³/mol. The van der Waals surface area contributed by atoms with Crippen LogP contribution in [0.5, 0.6) is 0 Å². The zero-order valence-corrected chi connectivity index (χ0v) is 11.8. The average molecular weight is 376 g/mol. The van der Waals surface area contributed by atoms with E-state index >= 15 is 0 Å². The van der Waals surface area contributed by atoms with Crippen molar-refractivity contribution in [1.82, 2.24) is 4.98 Å². The fraction of sp³-hybridized carbons (Fsp3) is 0.400. The average Bonchev–Trinajstić information content (AvgIpc) is 2.23. The minimum Gasteiger partial charge on any atom is -0.466 e. The summed E-state index contributed by atoms with van der Waals surface area (Å²) in [7, 11) is 0. The SMILES string of the molecule is CCOC(=O)Cc1nc(Cl)c(I)cc1C(F)F. The maximum atomic E-state index is 12.7. The first-order valence-electron chi connectivity index (χ1n) is 4.74. The molecule has 0 aliphatic heterocycles. The molecule has 3 nitrogen and oxygen atoms in total. The second kappa shape index (κ2) is 6.44. The van der Waals surface area contributed by atoms with Gasteiger partial charge in [-0.25, -0.2) is 13.8 Å². The third-order valence-corrected chi connectivity index (χ3v) is 3.33. The molecule has 7 heteroatoms. The molecule has 0 spiro atoms. The van der Waals surface area contributed by atoms with Gasteiger partial charge in [-0.15, -0.1) is 0 Å². The Bertz CT molecular complexity index is 429. The van der Waals surface area contributed by atoms with Crippen LogP contribution in [0.2, 0.25) is 5.15 Å².